The normalized spacial score (nSPS) is 23.0. The molecular formula is C11H15ClN4OS. The lowest BCUT2D eigenvalue weighted by Crippen LogP contribution is -2.22. The van der Waals surface area contributed by atoms with Crippen molar-refractivity contribution < 1.29 is 4.79 Å². The molecule has 0 bridgehead atoms. The summed E-state index contributed by atoms with van der Waals surface area (Å²) in [6, 6.07) is 1.76. The molecule has 0 spiro atoms. The second kappa shape index (κ2) is 5.75. The largest absolute Gasteiger partial charge is 0.365 e. The first-order valence-corrected chi connectivity index (χ1v) is 7.39. The minimum Gasteiger partial charge on any atom is -0.365 e. The van der Waals surface area contributed by atoms with Crippen LogP contribution in [0.5, 0.6) is 0 Å². The third-order valence-electron chi connectivity index (χ3n) is 3.09. The number of thioether (sulfide) groups is 1. The summed E-state index contributed by atoms with van der Waals surface area (Å²) in [5, 5.41) is 11.7. The smallest absolute Gasteiger partial charge is 0.252 e. The van der Waals surface area contributed by atoms with Gasteiger partial charge in [-0.25, -0.2) is 0 Å². The van der Waals surface area contributed by atoms with Crippen LogP contribution in [0.4, 0.5) is 5.82 Å². The van der Waals surface area contributed by atoms with Gasteiger partial charge in [-0.1, -0.05) is 11.6 Å². The first kappa shape index (κ1) is 13.4. The molecule has 2 unspecified atom stereocenters. The molecule has 18 heavy (non-hydrogen) atoms. The van der Waals surface area contributed by atoms with Crippen LogP contribution in [0.15, 0.2) is 6.07 Å². The lowest BCUT2D eigenvalue weighted by Gasteiger charge is -2.14. The zero-order valence-electron chi connectivity index (χ0n) is 10.0. The maximum atomic E-state index is 11.3. The van der Waals surface area contributed by atoms with E-state index in [-0.39, 0.29) is 5.15 Å². The van der Waals surface area contributed by atoms with Crippen LogP contribution in [0.1, 0.15) is 29.6 Å². The van der Waals surface area contributed by atoms with Crippen molar-refractivity contribution in [2.45, 2.75) is 30.6 Å². The Morgan fingerprint density at radius 2 is 2.33 bits per heavy atom. The number of aromatic nitrogens is 2. The molecule has 1 amide bonds. The Kier molecular flexibility index (Phi) is 4.29. The average Bonchev–Trinajstić information content (AvgIpc) is 2.79. The summed E-state index contributed by atoms with van der Waals surface area (Å²) < 4.78 is 0. The van der Waals surface area contributed by atoms with Crippen molar-refractivity contribution in [1.29, 1.82) is 0 Å². The molecule has 7 heteroatoms. The minimum atomic E-state index is -0.547. The molecule has 3 N–H and O–H groups in total. The number of hydrogen-bond acceptors (Lipinski definition) is 5. The number of amides is 1. The Morgan fingerprint density at radius 1 is 1.56 bits per heavy atom. The summed E-state index contributed by atoms with van der Waals surface area (Å²) in [6.07, 6.45) is 5.41. The molecule has 1 aromatic rings. The summed E-state index contributed by atoms with van der Waals surface area (Å²) in [6.45, 7) is 0. The molecule has 1 heterocycles. The van der Waals surface area contributed by atoms with Gasteiger partial charge in [0.2, 0.25) is 0 Å². The maximum Gasteiger partial charge on any atom is 0.252 e. The van der Waals surface area contributed by atoms with E-state index < -0.39 is 5.91 Å². The zero-order chi connectivity index (χ0) is 13.1. The summed E-state index contributed by atoms with van der Waals surface area (Å²) in [5.41, 5.74) is 5.60. The van der Waals surface area contributed by atoms with Crippen molar-refractivity contribution in [2.75, 3.05) is 11.6 Å². The van der Waals surface area contributed by atoms with E-state index in [1.165, 1.54) is 12.5 Å². The van der Waals surface area contributed by atoms with Crippen LogP contribution in [-0.2, 0) is 0 Å². The highest BCUT2D eigenvalue weighted by molar-refractivity contribution is 7.99. The average molecular weight is 287 g/mol. The second-order valence-electron chi connectivity index (χ2n) is 4.31. The number of anilines is 1. The Labute approximate surface area is 115 Å². The number of primary amides is 1. The first-order valence-electron chi connectivity index (χ1n) is 5.72. The number of nitrogens with one attached hydrogen (secondary N) is 1. The lowest BCUT2D eigenvalue weighted by atomic mass is 10.2. The third kappa shape index (κ3) is 3.05. The van der Waals surface area contributed by atoms with E-state index in [0.717, 1.165) is 12.8 Å². The number of hydrogen-bond donors (Lipinski definition) is 2. The number of nitrogens with two attached hydrogens (primary N) is 1. The van der Waals surface area contributed by atoms with E-state index in [1.807, 2.05) is 11.8 Å². The van der Waals surface area contributed by atoms with Crippen molar-refractivity contribution in [3.8, 4) is 0 Å². The van der Waals surface area contributed by atoms with Crippen molar-refractivity contribution >= 4 is 35.1 Å². The van der Waals surface area contributed by atoms with Gasteiger partial charge in [0.15, 0.2) is 11.0 Å². The molecule has 1 aliphatic carbocycles. The highest BCUT2D eigenvalue weighted by Crippen LogP contribution is 2.30. The summed E-state index contributed by atoms with van der Waals surface area (Å²) >= 11 is 7.58. The molecule has 0 saturated heterocycles. The molecule has 2 atom stereocenters. The molecule has 0 aromatic carbocycles. The predicted octanol–water partition coefficient (Wildman–Crippen LogP) is 1.92. The molecule has 1 saturated carbocycles. The number of rotatable bonds is 4. The molecule has 1 aromatic heterocycles. The van der Waals surface area contributed by atoms with Crippen LogP contribution in [0.25, 0.3) is 0 Å². The Hall–Kier alpha value is -1.01. The van der Waals surface area contributed by atoms with Crippen LogP contribution in [-0.4, -0.2) is 33.7 Å². The SMILES string of the molecule is CSC1CCC(Nc2nnc(Cl)cc2C(N)=O)C1. The molecule has 1 aliphatic rings. The molecule has 1 fully saturated rings. The lowest BCUT2D eigenvalue weighted by molar-refractivity contribution is 0.100. The van der Waals surface area contributed by atoms with E-state index in [0.29, 0.717) is 22.7 Å². The van der Waals surface area contributed by atoms with Crippen molar-refractivity contribution in [3.05, 3.63) is 16.8 Å². The van der Waals surface area contributed by atoms with Crippen LogP contribution in [0.2, 0.25) is 5.15 Å². The highest BCUT2D eigenvalue weighted by Gasteiger charge is 2.25. The first-order chi connectivity index (χ1) is 8.60. The van der Waals surface area contributed by atoms with E-state index in [1.54, 1.807) is 0 Å². The molecule has 2 rings (SSSR count). The number of carbonyl (C=O) groups excluding carboxylic acids is 1. The zero-order valence-corrected chi connectivity index (χ0v) is 11.6. The van der Waals surface area contributed by atoms with Gasteiger partial charge in [0.05, 0.1) is 5.56 Å². The third-order valence-corrected chi connectivity index (χ3v) is 4.37. The van der Waals surface area contributed by atoms with Gasteiger partial charge in [0.25, 0.3) is 5.91 Å². The van der Waals surface area contributed by atoms with E-state index >= 15 is 0 Å². The van der Waals surface area contributed by atoms with Crippen LogP contribution in [0, 0.1) is 0 Å². The summed E-state index contributed by atoms with van der Waals surface area (Å²) in [4.78, 5) is 11.3. The topological polar surface area (TPSA) is 80.9 Å². The van der Waals surface area contributed by atoms with Gasteiger partial charge in [0.1, 0.15) is 0 Å². The quantitative estimate of drug-likeness (QED) is 0.884. The van der Waals surface area contributed by atoms with Gasteiger partial charge >= 0.3 is 0 Å². The molecular weight excluding hydrogens is 272 g/mol. The molecule has 5 nitrogen and oxygen atoms in total. The van der Waals surface area contributed by atoms with E-state index in [4.69, 9.17) is 17.3 Å². The standard InChI is InChI=1S/C11H15ClN4OS/c1-18-7-3-2-6(4-7)14-11-8(10(13)17)5-9(12)15-16-11/h5-7H,2-4H2,1H3,(H2,13,17)(H,14,16). The second-order valence-corrected chi connectivity index (χ2v) is 5.83. The van der Waals surface area contributed by atoms with Crippen LogP contribution < -0.4 is 11.1 Å². The highest BCUT2D eigenvalue weighted by atomic mass is 35.5. The fourth-order valence-corrected chi connectivity index (χ4v) is 3.08. The minimum absolute atomic E-state index is 0.169. The van der Waals surface area contributed by atoms with Crippen molar-refractivity contribution in [3.63, 3.8) is 0 Å². The number of carbonyl (C=O) groups is 1. The van der Waals surface area contributed by atoms with Gasteiger partial charge in [-0.3, -0.25) is 4.79 Å². The van der Waals surface area contributed by atoms with E-state index in [9.17, 15) is 4.79 Å². The maximum absolute atomic E-state index is 11.3. The monoisotopic (exact) mass is 286 g/mol. The summed E-state index contributed by atoms with van der Waals surface area (Å²) in [5.74, 6) is -0.118. The number of halogens is 1. The number of nitrogens with zero attached hydrogens (tertiary/aromatic N) is 2. The molecule has 0 aliphatic heterocycles. The fraction of sp³-hybridized carbons (Fsp3) is 0.545. The van der Waals surface area contributed by atoms with Crippen LogP contribution >= 0.6 is 23.4 Å². The van der Waals surface area contributed by atoms with Gasteiger partial charge in [0, 0.05) is 11.3 Å². The fourth-order valence-electron chi connectivity index (χ4n) is 2.14. The Balaban J connectivity index is 2.12. The van der Waals surface area contributed by atoms with Gasteiger partial charge < -0.3 is 11.1 Å². The summed E-state index contributed by atoms with van der Waals surface area (Å²) in [7, 11) is 0. The Bertz CT molecular complexity index is 457. The van der Waals surface area contributed by atoms with Gasteiger partial charge in [-0.05, 0) is 31.6 Å². The molecule has 0 radical (unpaired) electrons. The Morgan fingerprint density at radius 3 is 2.94 bits per heavy atom. The van der Waals surface area contributed by atoms with Gasteiger partial charge in [-0.15, -0.1) is 10.2 Å². The van der Waals surface area contributed by atoms with Gasteiger partial charge in [-0.2, -0.15) is 11.8 Å². The predicted molar refractivity (Wildman–Crippen MR) is 74.1 cm³/mol. The van der Waals surface area contributed by atoms with Crippen molar-refractivity contribution in [2.24, 2.45) is 5.73 Å². The van der Waals surface area contributed by atoms with Crippen LogP contribution in [0.3, 0.4) is 0 Å². The van der Waals surface area contributed by atoms with E-state index in [2.05, 4.69) is 21.8 Å². The van der Waals surface area contributed by atoms with Crippen molar-refractivity contribution in [1.82, 2.24) is 10.2 Å². The molecule has 98 valence electrons.